The van der Waals surface area contributed by atoms with Gasteiger partial charge in [0, 0.05) is 12.8 Å². The van der Waals surface area contributed by atoms with Crippen molar-refractivity contribution in [3.05, 3.63) is 11.3 Å². The molecule has 0 N–H and O–H groups in total. The molecule has 0 saturated carbocycles. The average molecular weight is 210 g/mol. The van der Waals surface area contributed by atoms with Crippen LogP contribution in [0.4, 0.5) is 0 Å². The van der Waals surface area contributed by atoms with E-state index in [4.69, 9.17) is 9.47 Å². The number of carbonyl (C=O) groups is 1. The van der Waals surface area contributed by atoms with Crippen LogP contribution in [0, 0.1) is 0 Å². The number of esters is 1. The van der Waals surface area contributed by atoms with Crippen molar-refractivity contribution < 1.29 is 14.3 Å². The summed E-state index contributed by atoms with van der Waals surface area (Å²) in [6.45, 7) is 4.15. The number of hydrogen-bond donors (Lipinski definition) is 0. The molecule has 2 aliphatic heterocycles. The number of rotatable bonds is 2. The first-order valence-electron chi connectivity index (χ1n) is 5.84. The molecule has 3 heteroatoms. The van der Waals surface area contributed by atoms with Crippen LogP contribution >= 0.6 is 0 Å². The highest BCUT2D eigenvalue weighted by Gasteiger charge is 2.33. The second-order valence-electron chi connectivity index (χ2n) is 4.23. The minimum atomic E-state index is -0.159. The molecule has 0 bridgehead atoms. The monoisotopic (exact) mass is 210 g/mol. The summed E-state index contributed by atoms with van der Waals surface area (Å²) < 4.78 is 11.0. The van der Waals surface area contributed by atoms with Crippen molar-refractivity contribution in [1.82, 2.24) is 0 Å². The first kappa shape index (κ1) is 10.5. The van der Waals surface area contributed by atoms with E-state index < -0.39 is 0 Å². The molecule has 0 aromatic carbocycles. The largest absolute Gasteiger partial charge is 0.494 e. The van der Waals surface area contributed by atoms with E-state index in [-0.39, 0.29) is 12.1 Å². The van der Waals surface area contributed by atoms with Gasteiger partial charge in [0.05, 0.1) is 11.7 Å². The van der Waals surface area contributed by atoms with Crippen LogP contribution in [-0.2, 0) is 14.3 Å². The number of allylic oxidation sites excluding steroid dienone is 1. The summed E-state index contributed by atoms with van der Waals surface area (Å²) in [4.78, 5) is 11.6. The van der Waals surface area contributed by atoms with Crippen LogP contribution < -0.4 is 0 Å². The maximum atomic E-state index is 11.6. The Morgan fingerprint density at radius 2 is 1.93 bits per heavy atom. The van der Waals surface area contributed by atoms with Crippen molar-refractivity contribution >= 4 is 5.97 Å². The van der Waals surface area contributed by atoms with Gasteiger partial charge in [0.15, 0.2) is 0 Å². The van der Waals surface area contributed by atoms with E-state index in [2.05, 4.69) is 6.92 Å². The second-order valence-corrected chi connectivity index (χ2v) is 4.23. The summed E-state index contributed by atoms with van der Waals surface area (Å²) in [5, 5.41) is 0. The normalized spacial score (nSPS) is 35.5. The molecule has 0 amide bonds. The molecule has 84 valence electrons. The molecule has 0 aromatic heterocycles. The Hall–Kier alpha value is -0.990. The lowest BCUT2D eigenvalue weighted by Crippen LogP contribution is -2.04. The first-order chi connectivity index (χ1) is 7.24. The summed E-state index contributed by atoms with van der Waals surface area (Å²) in [7, 11) is 0. The van der Waals surface area contributed by atoms with Gasteiger partial charge in [0.1, 0.15) is 11.9 Å². The fraction of sp³-hybridized carbons (Fsp3) is 0.750. The summed E-state index contributed by atoms with van der Waals surface area (Å²) >= 11 is 0. The minimum Gasteiger partial charge on any atom is -0.494 e. The van der Waals surface area contributed by atoms with Gasteiger partial charge in [-0.15, -0.1) is 0 Å². The van der Waals surface area contributed by atoms with E-state index in [9.17, 15) is 4.79 Å². The molecule has 2 aliphatic rings. The molecule has 2 heterocycles. The zero-order valence-electron chi connectivity index (χ0n) is 9.41. The van der Waals surface area contributed by atoms with Gasteiger partial charge in [-0.1, -0.05) is 13.8 Å². The lowest BCUT2D eigenvalue weighted by Gasteiger charge is -2.07. The number of ether oxygens (including phenoxy) is 2. The third-order valence-corrected chi connectivity index (χ3v) is 3.20. The van der Waals surface area contributed by atoms with Crippen molar-refractivity contribution in [2.24, 2.45) is 0 Å². The maximum absolute atomic E-state index is 11.6. The van der Waals surface area contributed by atoms with Gasteiger partial charge in [-0.05, 0) is 19.3 Å². The second kappa shape index (κ2) is 4.25. The summed E-state index contributed by atoms with van der Waals surface area (Å²) in [6, 6.07) is 0. The van der Waals surface area contributed by atoms with Crippen LogP contribution in [0.15, 0.2) is 11.3 Å². The quantitative estimate of drug-likeness (QED) is 0.519. The smallest absolute Gasteiger partial charge is 0.337 e. The first-order valence-corrected chi connectivity index (χ1v) is 5.84. The Labute approximate surface area is 90.4 Å². The summed E-state index contributed by atoms with van der Waals surface area (Å²) in [6.07, 6.45) is 4.97. The van der Waals surface area contributed by atoms with Crippen molar-refractivity contribution in [2.75, 3.05) is 0 Å². The third kappa shape index (κ3) is 2.01. The molecule has 2 atom stereocenters. The van der Waals surface area contributed by atoms with Crippen molar-refractivity contribution in [3.8, 4) is 0 Å². The highest BCUT2D eigenvalue weighted by Crippen LogP contribution is 2.33. The predicted molar refractivity (Wildman–Crippen MR) is 56.2 cm³/mol. The van der Waals surface area contributed by atoms with Gasteiger partial charge in [-0.25, -0.2) is 4.79 Å². The van der Waals surface area contributed by atoms with Gasteiger partial charge in [0.2, 0.25) is 0 Å². The zero-order chi connectivity index (χ0) is 10.8. The average Bonchev–Trinajstić information content (AvgIpc) is 2.83. The molecular weight excluding hydrogens is 192 g/mol. The van der Waals surface area contributed by atoms with E-state index in [1.165, 1.54) is 0 Å². The molecule has 2 unspecified atom stereocenters. The van der Waals surface area contributed by atoms with E-state index in [1.54, 1.807) is 0 Å². The molecule has 0 radical (unpaired) electrons. The standard InChI is InChI=1S/C12H18O3/c1-3-8-5-6-11(14-8)10-7-9(4-2)15-12(10)13/h8-9H,3-7H2,1-2H3/b11-10-. The molecular formula is C12H18O3. The van der Waals surface area contributed by atoms with Crippen molar-refractivity contribution in [3.63, 3.8) is 0 Å². The van der Waals surface area contributed by atoms with Crippen LogP contribution in [0.25, 0.3) is 0 Å². The SMILES string of the molecule is CCC1C/C(=C2\CCC(CC)O2)C(=O)O1. The fourth-order valence-electron chi connectivity index (χ4n) is 2.15. The van der Waals surface area contributed by atoms with Crippen LogP contribution in [0.5, 0.6) is 0 Å². The van der Waals surface area contributed by atoms with Crippen molar-refractivity contribution in [2.45, 2.75) is 58.2 Å². The molecule has 15 heavy (non-hydrogen) atoms. The van der Waals surface area contributed by atoms with Crippen molar-refractivity contribution in [1.29, 1.82) is 0 Å². The van der Waals surface area contributed by atoms with Crippen LogP contribution in [0.3, 0.4) is 0 Å². The Bertz CT molecular complexity index is 293. The molecule has 2 rings (SSSR count). The van der Waals surface area contributed by atoms with Crippen LogP contribution in [0.2, 0.25) is 0 Å². The van der Waals surface area contributed by atoms with E-state index in [0.717, 1.165) is 43.4 Å². The fourth-order valence-corrected chi connectivity index (χ4v) is 2.15. The van der Waals surface area contributed by atoms with E-state index in [0.29, 0.717) is 6.10 Å². The number of carbonyl (C=O) groups excluding carboxylic acids is 1. The zero-order valence-corrected chi connectivity index (χ0v) is 9.41. The lowest BCUT2D eigenvalue weighted by molar-refractivity contribution is -0.139. The molecule has 0 spiro atoms. The van der Waals surface area contributed by atoms with E-state index >= 15 is 0 Å². The Morgan fingerprint density at radius 3 is 2.47 bits per heavy atom. The molecule has 3 nitrogen and oxygen atoms in total. The molecule has 2 fully saturated rings. The molecule has 0 aromatic rings. The van der Waals surface area contributed by atoms with E-state index in [1.807, 2.05) is 6.92 Å². The topological polar surface area (TPSA) is 35.5 Å². The minimum absolute atomic E-state index is 0.0734. The number of cyclic esters (lactones) is 1. The Balaban J connectivity index is 2.10. The summed E-state index contributed by atoms with van der Waals surface area (Å²) in [5.74, 6) is 0.733. The number of hydrogen-bond acceptors (Lipinski definition) is 3. The third-order valence-electron chi connectivity index (χ3n) is 3.20. The lowest BCUT2D eigenvalue weighted by atomic mass is 10.1. The highest BCUT2D eigenvalue weighted by atomic mass is 16.6. The van der Waals surface area contributed by atoms with Gasteiger partial charge in [-0.3, -0.25) is 0 Å². The van der Waals surface area contributed by atoms with Gasteiger partial charge >= 0.3 is 5.97 Å². The van der Waals surface area contributed by atoms with Gasteiger partial charge < -0.3 is 9.47 Å². The van der Waals surface area contributed by atoms with Crippen LogP contribution in [0.1, 0.15) is 46.0 Å². The molecule has 2 saturated heterocycles. The maximum Gasteiger partial charge on any atom is 0.337 e. The molecule has 0 aliphatic carbocycles. The predicted octanol–water partition coefficient (Wildman–Crippen LogP) is 2.56. The Morgan fingerprint density at radius 1 is 1.20 bits per heavy atom. The highest BCUT2D eigenvalue weighted by molar-refractivity contribution is 5.91. The van der Waals surface area contributed by atoms with Crippen LogP contribution in [-0.4, -0.2) is 18.2 Å². The Kier molecular flexibility index (Phi) is 2.98. The van der Waals surface area contributed by atoms with Gasteiger partial charge in [-0.2, -0.15) is 0 Å². The van der Waals surface area contributed by atoms with Gasteiger partial charge in [0.25, 0.3) is 0 Å². The summed E-state index contributed by atoms with van der Waals surface area (Å²) in [5.41, 5.74) is 0.790.